The van der Waals surface area contributed by atoms with Crippen LogP contribution < -0.4 is 4.90 Å². The van der Waals surface area contributed by atoms with E-state index in [9.17, 15) is 4.79 Å². The quantitative estimate of drug-likeness (QED) is 0.765. The number of aromatic nitrogens is 4. The number of hydrogen-bond donors (Lipinski definition) is 1. The van der Waals surface area contributed by atoms with Gasteiger partial charge in [0.15, 0.2) is 0 Å². The lowest BCUT2D eigenvalue weighted by molar-refractivity contribution is 0.0782. The van der Waals surface area contributed by atoms with E-state index < -0.39 is 0 Å². The number of H-pyrrole nitrogens is 1. The molecule has 2 saturated heterocycles. The first-order valence-corrected chi connectivity index (χ1v) is 8.93. The number of carbonyl (C=O) groups is 1. The molecule has 5 rings (SSSR count). The van der Waals surface area contributed by atoms with Crippen LogP contribution in [0.25, 0.3) is 11.0 Å². The van der Waals surface area contributed by atoms with Gasteiger partial charge >= 0.3 is 0 Å². The number of aromatic amines is 1. The second-order valence-electron chi connectivity index (χ2n) is 7.29. The Bertz CT molecular complexity index is 969. The molecule has 1 aromatic carbocycles. The third-order valence-corrected chi connectivity index (χ3v) is 5.55. The molecule has 3 aromatic rings. The summed E-state index contributed by atoms with van der Waals surface area (Å²) in [6.45, 7) is 5.50. The summed E-state index contributed by atoms with van der Waals surface area (Å²) >= 11 is 0. The van der Waals surface area contributed by atoms with E-state index >= 15 is 0 Å². The molecule has 1 amide bonds. The molecule has 7 nitrogen and oxygen atoms in total. The first-order chi connectivity index (χ1) is 12.7. The van der Waals surface area contributed by atoms with Crippen molar-refractivity contribution in [1.82, 2.24) is 24.8 Å². The molecule has 4 heterocycles. The van der Waals surface area contributed by atoms with Gasteiger partial charge in [0.2, 0.25) is 0 Å². The fourth-order valence-corrected chi connectivity index (χ4v) is 4.21. The summed E-state index contributed by atoms with van der Waals surface area (Å²) in [4.78, 5) is 33.1. The minimum absolute atomic E-state index is 0.111. The minimum atomic E-state index is 0.111. The largest absolute Gasteiger partial charge is 0.356 e. The summed E-state index contributed by atoms with van der Waals surface area (Å²) in [5.74, 6) is 2.12. The summed E-state index contributed by atoms with van der Waals surface area (Å²) in [5, 5.41) is 0. The highest BCUT2D eigenvalue weighted by molar-refractivity contribution is 5.97. The zero-order chi connectivity index (χ0) is 17.7. The summed E-state index contributed by atoms with van der Waals surface area (Å²) < 4.78 is 0. The summed E-state index contributed by atoms with van der Waals surface area (Å²) in [5.41, 5.74) is 3.50. The molecule has 2 atom stereocenters. The Morgan fingerprint density at radius 3 is 2.65 bits per heavy atom. The summed E-state index contributed by atoms with van der Waals surface area (Å²) in [7, 11) is 0. The van der Waals surface area contributed by atoms with E-state index in [-0.39, 0.29) is 5.91 Å². The van der Waals surface area contributed by atoms with Gasteiger partial charge < -0.3 is 14.8 Å². The third kappa shape index (κ3) is 2.51. The Labute approximate surface area is 151 Å². The fourth-order valence-electron chi connectivity index (χ4n) is 4.21. The predicted octanol–water partition coefficient (Wildman–Crippen LogP) is 1.87. The van der Waals surface area contributed by atoms with Gasteiger partial charge in [0, 0.05) is 55.3 Å². The van der Waals surface area contributed by atoms with Gasteiger partial charge in [-0.25, -0.2) is 15.0 Å². The van der Waals surface area contributed by atoms with Gasteiger partial charge in [0.1, 0.15) is 12.1 Å². The number of imidazole rings is 1. The van der Waals surface area contributed by atoms with Crippen molar-refractivity contribution < 1.29 is 4.79 Å². The number of nitrogens with one attached hydrogen (secondary N) is 1. The first kappa shape index (κ1) is 15.3. The van der Waals surface area contributed by atoms with E-state index in [1.165, 1.54) is 0 Å². The standard InChI is InChI=1S/C19H20N6O/c1-12-4-18(23-10-20-12)24-6-14-8-25(9-15(14)7-24)19(26)13-2-3-16-17(5-13)22-11-21-16/h2-5,10-11,14-15H,6-9H2,1H3,(H,21,22). The van der Waals surface area contributed by atoms with Gasteiger partial charge in [-0.05, 0) is 25.1 Å². The maximum Gasteiger partial charge on any atom is 0.253 e. The van der Waals surface area contributed by atoms with Crippen molar-refractivity contribution >= 4 is 22.8 Å². The van der Waals surface area contributed by atoms with Crippen molar-refractivity contribution in [3.8, 4) is 0 Å². The number of rotatable bonds is 2. The van der Waals surface area contributed by atoms with E-state index in [4.69, 9.17) is 0 Å². The minimum Gasteiger partial charge on any atom is -0.356 e. The topological polar surface area (TPSA) is 78.0 Å². The fraction of sp³-hybridized carbons (Fsp3) is 0.368. The summed E-state index contributed by atoms with van der Waals surface area (Å²) in [6.07, 6.45) is 3.28. The van der Waals surface area contributed by atoms with Crippen LogP contribution in [0.1, 0.15) is 16.1 Å². The van der Waals surface area contributed by atoms with Crippen molar-refractivity contribution in [3.05, 3.63) is 48.2 Å². The van der Waals surface area contributed by atoms with E-state index in [0.29, 0.717) is 11.8 Å². The van der Waals surface area contributed by atoms with Crippen LogP contribution in [0.4, 0.5) is 5.82 Å². The molecule has 1 N–H and O–H groups in total. The number of hydrogen-bond acceptors (Lipinski definition) is 5. The predicted molar refractivity (Wildman–Crippen MR) is 98.0 cm³/mol. The van der Waals surface area contributed by atoms with Crippen LogP contribution in [0.15, 0.2) is 36.9 Å². The molecule has 2 aliphatic heterocycles. The Kier molecular flexibility index (Phi) is 3.41. The molecule has 2 aromatic heterocycles. The molecule has 0 aliphatic carbocycles. The van der Waals surface area contributed by atoms with Gasteiger partial charge in [0.05, 0.1) is 17.4 Å². The van der Waals surface area contributed by atoms with Crippen molar-refractivity contribution in [3.63, 3.8) is 0 Å². The number of nitrogens with zero attached hydrogens (tertiary/aromatic N) is 5. The highest BCUT2D eigenvalue weighted by Gasteiger charge is 2.42. The molecule has 7 heteroatoms. The zero-order valence-corrected chi connectivity index (χ0v) is 14.6. The third-order valence-electron chi connectivity index (χ3n) is 5.55. The molecule has 0 radical (unpaired) electrons. The Morgan fingerprint density at radius 2 is 1.88 bits per heavy atom. The molecule has 132 valence electrons. The van der Waals surface area contributed by atoms with Crippen molar-refractivity contribution in [2.24, 2.45) is 11.8 Å². The zero-order valence-electron chi connectivity index (χ0n) is 14.6. The van der Waals surface area contributed by atoms with Gasteiger partial charge in [0.25, 0.3) is 5.91 Å². The Morgan fingerprint density at radius 1 is 1.08 bits per heavy atom. The highest BCUT2D eigenvalue weighted by atomic mass is 16.2. The van der Waals surface area contributed by atoms with Crippen LogP contribution in [-0.2, 0) is 0 Å². The van der Waals surface area contributed by atoms with E-state index in [0.717, 1.165) is 54.3 Å². The summed E-state index contributed by atoms with van der Waals surface area (Å²) in [6, 6.07) is 7.70. The van der Waals surface area contributed by atoms with Gasteiger partial charge in [-0.15, -0.1) is 0 Å². The number of benzene rings is 1. The van der Waals surface area contributed by atoms with Gasteiger partial charge in [-0.3, -0.25) is 4.79 Å². The van der Waals surface area contributed by atoms with Gasteiger partial charge in [-0.1, -0.05) is 0 Å². The van der Waals surface area contributed by atoms with Gasteiger partial charge in [-0.2, -0.15) is 0 Å². The number of fused-ring (bicyclic) bond motifs is 2. The maximum absolute atomic E-state index is 12.9. The molecule has 0 spiro atoms. The van der Waals surface area contributed by atoms with Crippen molar-refractivity contribution in [2.45, 2.75) is 6.92 Å². The smallest absolute Gasteiger partial charge is 0.253 e. The highest BCUT2D eigenvalue weighted by Crippen LogP contribution is 2.34. The van der Waals surface area contributed by atoms with E-state index in [1.54, 1.807) is 12.7 Å². The van der Waals surface area contributed by atoms with Crippen LogP contribution in [0.5, 0.6) is 0 Å². The average molecular weight is 348 g/mol. The van der Waals surface area contributed by atoms with E-state index in [2.05, 4.69) is 24.8 Å². The molecule has 0 bridgehead atoms. The molecular weight excluding hydrogens is 328 g/mol. The van der Waals surface area contributed by atoms with Crippen molar-refractivity contribution in [1.29, 1.82) is 0 Å². The number of likely N-dealkylation sites (tertiary alicyclic amines) is 1. The second kappa shape index (κ2) is 5.79. The van der Waals surface area contributed by atoms with Crippen molar-refractivity contribution in [2.75, 3.05) is 31.1 Å². The molecule has 26 heavy (non-hydrogen) atoms. The first-order valence-electron chi connectivity index (χ1n) is 8.93. The second-order valence-corrected chi connectivity index (χ2v) is 7.29. The SMILES string of the molecule is Cc1cc(N2CC3CN(C(=O)c4ccc5nc[nH]c5c4)CC3C2)ncn1. The maximum atomic E-state index is 12.9. The molecule has 2 aliphatic rings. The monoisotopic (exact) mass is 348 g/mol. The number of anilines is 1. The van der Waals surface area contributed by atoms with E-state index in [1.807, 2.05) is 36.1 Å². The van der Waals surface area contributed by atoms with Crippen LogP contribution in [-0.4, -0.2) is 56.9 Å². The average Bonchev–Trinajstić information content (AvgIpc) is 3.34. The normalized spacial score (nSPS) is 22.2. The number of amides is 1. The van der Waals surface area contributed by atoms with Crippen LogP contribution >= 0.6 is 0 Å². The van der Waals surface area contributed by atoms with Crippen LogP contribution in [0.3, 0.4) is 0 Å². The lowest BCUT2D eigenvalue weighted by atomic mass is 10.0. The molecule has 2 unspecified atom stereocenters. The number of aryl methyl sites for hydroxylation is 1. The van der Waals surface area contributed by atoms with Crippen LogP contribution in [0, 0.1) is 18.8 Å². The molecular formula is C19H20N6O. The van der Waals surface area contributed by atoms with Crippen LogP contribution in [0.2, 0.25) is 0 Å². The lowest BCUT2D eigenvalue weighted by Gasteiger charge is -2.22. The molecule has 2 fully saturated rings. The number of carbonyl (C=O) groups excluding carboxylic acids is 1. The molecule has 0 saturated carbocycles. The Hall–Kier alpha value is -2.96. The lowest BCUT2D eigenvalue weighted by Crippen LogP contribution is -2.33. The Balaban J connectivity index is 1.29.